The van der Waals surface area contributed by atoms with Crippen LogP contribution in [0, 0.1) is 0 Å². The van der Waals surface area contributed by atoms with E-state index in [1.54, 1.807) is 32.4 Å². The van der Waals surface area contributed by atoms with Gasteiger partial charge in [0.25, 0.3) is 11.8 Å². The van der Waals surface area contributed by atoms with Gasteiger partial charge in [0.2, 0.25) is 0 Å². The number of amides is 2. The molecule has 0 radical (unpaired) electrons. The number of hydrogen-bond acceptors (Lipinski definition) is 3. The highest BCUT2D eigenvalue weighted by atomic mass is 35.5. The molecule has 1 atom stereocenters. The lowest BCUT2D eigenvalue weighted by Crippen LogP contribution is -3.11. The van der Waals surface area contributed by atoms with Gasteiger partial charge < -0.3 is 20.3 Å². The molecule has 0 spiro atoms. The van der Waals surface area contributed by atoms with E-state index in [1.807, 2.05) is 24.3 Å². The highest BCUT2D eigenvalue weighted by molar-refractivity contribution is 6.42. The number of hydrogen-bond donors (Lipinski definition) is 3. The number of quaternary nitrogens is 1. The van der Waals surface area contributed by atoms with Crippen LogP contribution in [-0.2, 0) is 16.1 Å². The second-order valence-electron chi connectivity index (χ2n) is 6.12. The zero-order chi connectivity index (χ0) is 19.8. The predicted molar refractivity (Wildman–Crippen MR) is 107 cm³/mol. The fourth-order valence-electron chi connectivity index (χ4n) is 2.44. The first kappa shape index (κ1) is 21.0. The number of methoxy groups -OCH3 is 1. The Morgan fingerprint density at radius 1 is 1.04 bits per heavy atom. The Balaban J connectivity index is 1.76. The maximum Gasteiger partial charge on any atom is 0.279 e. The van der Waals surface area contributed by atoms with Crippen LogP contribution in [0.25, 0.3) is 0 Å². The van der Waals surface area contributed by atoms with E-state index in [0.29, 0.717) is 22.3 Å². The number of likely N-dealkylation sites (N-methyl/N-ethyl adjacent to an activating group) is 1. The summed E-state index contributed by atoms with van der Waals surface area (Å²) in [5, 5.41) is 6.36. The van der Waals surface area contributed by atoms with Gasteiger partial charge in [0, 0.05) is 12.2 Å². The maximum atomic E-state index is 12.1. The number of ether oxygens (including phenoxy) is 1. The van der Waals surface area contributed by atoms with Gasteiger partial charge in [-0.05, 0) is 35.9 Å². The molecule has 27 heavy (non-hydrogen) atoms. The van der Waals surface area contributed by atoms with Gasteiger partial charge in [0.1, 0.15) is 5.75 Å². The summed E-state index contributed by atoms with van der Waals surface area (Å²) < 4.78 is 5.16. The number of carbonyl (C=O) groups is 2. The van der Waals surface area contributed by atoms with E-state index >= 15 is 0 Å². The van der Waals surface area contributed by atoms with Crippen LogP contribution in [0.15, 0.2) is 42.5 Å². The second-order valence-corrected chi connectivity index (χ2v) is 6.93. The van der Waals surface area contributed by atoms with E-state index in [4.69, 9.17) is 27.9 Å². The Hall–Kier alpha value is -2.28. The molecule has 0 aliphatic rings. The van der Waals surface area contributed by atoms with Gasteiger partial charge in [-0.25, -0.2) is 0 Å². The fourth-order valence-corrected chi connectivity index (χ4v) is 2.73. The molecule has 0 bridgehead atoms. The average Bonchev–Trinajstić information content (AvgIpc) is 2.63. The minimum absolute atomic E-state index is 0.141. The van der Waals surface area contributed by atoms with Crippen molar-refractivity contribution >= 4 is 40.7 Å². The molecule has 0 aliphatic heterocycles. The quantitative estimate of drug-likeness (QED) is 0.620. The van der Waals surface area contributed by atoms with Crippen LogP contribution in [0.5, 0.6) is 5.75 Å². The Morgan fingerprint density at radius 2 is 1.78 bits per heavy atom. The van der Waals surface area contributed by atoms with Crippen LogP contribution in [0.1, 0.15) is 5.56 Å². The smallest absolute Gasteiger partial charge is 0.279 e. The molecule has 2 aromatic rings. The first-order valence-corrected chi connectivity index (χ1v) is 9.09. The van der Waals surface area contributed by atoms with Gasteiger partial charge in [-0.1, -0.05) is 35.3 Å². The second kappa shape index (κ2) is 10.2. The van der Waals surface area contributed by atoms with E-state index < -0.39 is 0 Å². The van der Waals surface area contributed by atoms with Crippen molar-refractivity contribution < 1.29 is 19.2 Å². The lowest BCUT2D eigenvalue weighted by Gasteiger charge is -2.14. The predicted octanol–water partition coefficient (Wildman–Crippen LogP) is 1.77. The molecular formula is C19H22Cl2N3O3+. The summed E-state index contributed by atoms with van der Waals surface area (Å²) in [5.41, 5.74) is 1.50. The van der Waals surface area contributed by atoms with Gasteiger partial charge in [0.15, 0.2) is 13.1 Å². The zero-order valence-corrected chi connectivity index (χ0v) is 16.7. The molecule has 3 N–H and O–H groups in total. The Morgan fingerprint density at radius 3 is 2.48 bits per heavy atom. The van der Waals surface area contributed by atoms with E-state index in [0.717, 1.165) is 16.2 Å². The topological polar surface area (TPSA) is 71.9 Å². The summed E-state index contributed by atoms with van der Waals surface area (Å²) in [4.78, 5) is 24.9. The van der Waals surface area contributed by atoms with Crippen LogP contribution < -0.4 is 20.3 Å². The van der Waals surface area contributed by atoms with Crippen molar-refractivity contribution in [2.45, 2.75) is 6.54 Å². The third-order valence-corrected chi connectivity index (χ3v) is 4.49. The molecule has 2 aromatic carbocycles. The van der Waals surface area contributed by atoms with E-state index in [2.05, 4.69) is 10.6 Å². The summed E-state index contributed by atoms with van der Waals surface area (Å²) in [6.45, 7) is 0.727. The highest BCUT2D eigenvalue weighted by Gasteiger charge is 2.14. The molecule has 0 saturated carbocycles. The first-order valence-electron chi connectivity index (χ1n) is 8.33. The number of nitrogens with one attached hydrogen (secondary N) is 3. The summed E-state index contributed by atoms with van der Waals surface area (Å²) >= 11 is 11.8. The molecule has 0 fully saturated rings. The van der Waals surface area contributed by atoms with E-state index in [-0.39, 0.29) is 24.9 Å². The normalized spacial score (nSPS) is 11.6. The third kappa shape index (κ3) is 7.09. The van der Waals surface area contributed by atoms with E-state index in [1.165, 1.54) is 0 Å². The molecule has 0 saturated heterocycles. The van der Waals surface area contributed by atoms with Crippen molar-refractivity contribution in [3.8, 4) is 5.75 Å². The van der Waals surface area contributed by atoms with Crippen LogP contribution in [0.4, 0.5) is 5.69 Å². The fraction of sp³-hybridized carbons (Fsp3) is 0.263. The zero-order valence-electron chi connectivity index (χ0n) is 15.1. The monoisotopic (exact) mass is 410 g/mol. The van der Waals surface area contributed by atoms with Gasteiger partial charge in [0.05, 0.1) is 24.2 Å². The Labute approximate surface area is 168 Å². The Kier molecular flexibility index (Phi) is 7.91. The highest BCUT2D eigenvalue weighted by Crippen LogP contribution is 2.24. The molecule has 1 unspecified atom stereocenters. The average molecular weight is 411 g/mol. The van der Waals surface area contributed by atoms with Crippen molar-refractivity contribution in [3.05, 3.63) is 58.1 Å². The SMILES string of the molecule is COc1cccc(CNC(=O)C[NH+](C)CC(=O)Nc2ccc(Cl)c(Cl)c2)c1. The summed E-state index contributed by atoms with van der Waals surface area (Å²) in [5.74, 6) is 0.382. The number of anilines is 1. The molecule has 8 heteroatoms. The minimum atomic E-state index is -0.216. The molecule has 2 amide bonds. The summed E-state index contributed by atoms with van der Waals surface area (Å²) in [6.07, 6.45) is 0. The molecule has 144 valence electrons. The number of rotatable bonds is 8. The van der Waals surface area contributed by atoms with Crippen LogP contribution in [0.3, 0.4) is 0 Å². The minimum Gasteiger partial charge on any atom is -0.497 e. The lowest BCUT2D eigenvalue weighted by atomic mass is 10.2. The maximum absolute atomic E-state index is 12.1. The van der Waals surface area contributed by atoms with Gasteiger partial charge >= 0.3 is 0 Å². The van der Waals surface area contributed by atoms with Crippen molar-refractivity contribution in [1.82, 2.24) is 5.32 Å². The molecule has 0 aliphatic carbocycles. The van der Waals surface area contributed by atoms with Crippen LogP contribution in [-0.4, -0.2) is 39.1 Å². The van der Waals surface area contributed by atoms with Crippen molar-refractivity contribution in [2.75, 3.05) is 32.6 Å². The molecule has 2 rings (SSSR count). The van der Waals surface area contributed by atoms with E-state index in [9.17, 15) is 9.59 Å². The number of halogens is 2. The molecule has 0 heterocycles. The molecule has 6 nitrogen and oxygen atoms in total. The third-order valence-electron chi connectivity index (χ3n) is 3.75. The summed E-state index contributed by atoms with van der Waals surface area (Å²) in [7, 11) is 3.37. The van der Waals surface area contributed by atoms with Gasteiger partial charge in [-0.2, -0.15) is 0 Å². The first-order chi connectivity index (χ1) is 12.9. The molecular weight excluding hydrogens is 389 g/mol. The standard InChI is InChI=1S/C19H21Cl2N3O3/c1-24(12-19(26)23-14-6-7-16(20)17(21)9-14)11-18(25)22-10-13-4-3-5-15(8-13)27-2/h3-9H,10-12H2,1-2H3,(H,22,25)(H,23,26)/p+1. The summed E-state index contributed by atoms with van der Waals surface area (Å²) in [6, 6.07) is 12.3. The van der Waals surface area contributed by atoms with Crippen LogP contribution in [0.2, 0.25) is 10.0 Å². The van der Waals surface area contributed by atoms with Crippen LogP contribution >= 0.6 is 23.2 Å². The number of benzene rings is 2. The van der Waals surface area contributed by atoms with Crippen molar-refractivity contribution in [3.63, 3.8) is 0 Å². The van der Waals surface area contributed by atoms with Gasteiger partial charge in [-0.15, -0.1) is 0 Å². The Bertz CT molecular complexity index is 815. The van der Waals surface area contributed by atoms with Crippen molar-refractivity contribution in [1.29, 1.82) is 0 Å². The molecule has 0 aromatic heterocycles. The largest absolute Gasteiger partial charge is 0.497 e. The lowest BCUT2D eigenvalue weighted by molar-refractivity contribution is -0.862. The number of carbonyl (C=O) groups excluding carboxylic acids is 2. The van der Waals surface area contributed by atoms with Gasteiger partial charge in [-0.3, -0.25) is 9.59 Å². The van der Waals surface area contributed by atoms with Crippen molar-refractivity contribution in [2.24, 2.45) is 0 Å².